The summed E-state index contributed by atoms with van der Waals surface area (Å²) >= 11 is 6.03. The Bertz CT molecular complexity index is 583. The lowest BCUT2D eigenvalue weighted by Crippen LogP contribution is -2.32. The lowest BCUT2D eigenvalue weighted by Gasteiger charge is -2.29. The zero-order chi connectivity index (χ0) is 15.4. The van der Waals surface area contributed by atoms with E-state index in [9.17, 15) is 0 Å². The Morgan fingerprint density at radius 1 is 1.05 bits per heavy atom. The Labute approximate surface area is 133 Å². The molecule has 2 nitrogen and oxygen atoms in total. The molecule has 0 amide bonds. The van der Waals surface area contributed by atoms with Gasteiger partial charge in [-0.3, -0.25) is 0 Å². The molecule has 1 aromatic carbocycles. The van der Waals surface area contributed by atoms with Gasteiger partial charge in [-0.2, -0.15) is 0 Å². The predicted molar refractivity (Wildman–Crippen MR) is 93.2 cm³/mol. The summed E-state index contributed by atoms with van der Waals surface area (Å²) in [6.45, 7) is 11.0. The lowest BCUT2D eigenvalue weighted by atomic mass is 10.1. The van der Waals surface area contributed by atoms with Crippen LogP contribution in [0.1, 0.15) is 33.4 Å². The van der Waals surface area contributed by atoms with Crippen molar-refractivity contribution in [2.24, 2.45) is 11.8 Å². The molecule has 2 aromatic rings. The number of fused-ring (bicyclic) bond motifs is 1. The van der Waals surface area contributed by atoms with Gasteiger partial charge < -0.3 is 4.90 Å². The van der Waals surface area contributed by atoms with Crippen molar-refractivity contribution in [3.63, 3.8) is 0 Å². The average molecular weight is 305 g/mol. The molecule has 3 heteroatoms. The number of benzene rings is 1. The highest BCUT2D eigenvalue weighted by Crippen LogP contribution is 2.27. The van der Waals surface area contributed by atoms with Gasteiger partial charge in [0.1, 0.15) is 5.82 Å². The molecule has 0 N–H and O–H groups in total. The molecule has 0 unspecified atom stereocenters. The Balaban J connectivity index is 2.53. The number of halogens is 1. The fourth-order valence-electron chi connectivity index (χ4n) is 2.67. The summed E-state index contributed by atoms with van der Waals surface area (Å²) in [4.78, 5) is 7.23. The van der Waals surface area contributed by atoms with Gasteiger partial charge in [0.25, 0.3) is 0 Å². The molecular formula is C18H25ClN2. The first-order valence-electron chi connectivity index (χ1n) is 7.70. The van der Waals surface area contributed by atoms with E-state index in [1.165, 1.54) is 10.8 Å². The van der Waals surface area contributed by atoms with Gasteiger partial charge >= 0.3 is 0 Å². The molecule has 1 heterocycles. The van der Waals surface area contributed by atoms with Crippen LogP contribution in [0.2, 0.25) is 0 Å². The number of hydrogen-bond donors (Lipinski definition) is 0. The predicted octanol–water partition coefficient (Wildman–Crippen LogP) is 5.09. The molecule has 0 spiro atoms. The van der Waals surface area contributed by atoms with E-state index in [1.807, 2.05) is 0 Å². The number of hydrogen-bond acceptors (Lipinski definition) is 2. The highest BCUT2D eigenvalue weighted by Gasteiger charge is 2.15. The zero-order valence-corrected chi connectivity index (χ0v) is 14.2. The van der Waals surface area contributed by atoms with Crippen molar-refractivity contribution < 1.29 is 0 Å². The molecule has 0 saturated carbocycles. The quantitative estimate of drug-likeness (QED) is 0.691. The van der Waals surface area contributed by atoms with Gasteiger partial charge in [-0.05, 0) is 23.3 Å². The van der Waals surface area contributed by atoms with Crippen LogP contribution in [0.25, 0.3) is 10.8 Å². The molecule has 1 aromatic heterocycles. The Morgan fingerprint density at radius 2 is 1.67 bits per heavy atom. The van der Waals surface area contributed by atoms with Crippen molar-refractivity contribution in [3.8, 4) is 0 Å². The first-order valence-corrected chi connectivity index (χ1v) is 8.24. The van der Waals surface area contributed by atoms with E-state index < -0.39 is 0 Å². The summed E-state index contributed by atoms with van der Waals surface area (Å²) in [5.41, 5.74) is 0.947. The van der Waals surface area contributed by atoms with E-state index in [-0.39, 0.29) is 0 Å². The smallest absolute Gasteiger partial charge is 0.136 e. The molecule has 0 fully saturated rings. The van der Waals surface area contributed by atoms with Gasteiger partial charge in [-0.15, -0.1) is 11.6 Å². The van der Waals surface area contributed by atoms with Crippen LogP contribution in [0.15, 0.2) is 30.3 Å². The van der Waals surface area contributed by atoms with Crippen molar-refractivity contribution in [2.45, 2.75) is 33.6 Å². The molecule has 0 radical (unpaired) electrons. The van der Waals surface area contributed by atoms with Crippen LogP contribution in [0.5, 0.6) is 0 Å². The van der Waals surface area contributed by atoms with Crippen LogP contribution in [-0.2, 0) is 5.88 Å². The van der Waals surface area contributed by atoms with Crippen LogP contribution < -0.4 is 4.90 Å². The number of alkyl halides is 1. The van der Waals surface area contributed by atoms with E-state index in [0.29, 0.717) is 17.7 Å². The summed E-state index contributed by atoms with van der Waals surface area (Å²) in [5, 5.41) is 2.43. The van der Waals surface area contributed by atoms with Gasteiger partial charge in [0.05, 0.1) is 11.6 Å². The van der Waals surface area contributed by atoms with E-state index in [2.05, 4.69) is 62.9 Å². The van der Waals surface area contributed by atoms with E-state index in [4.69, 9.17) is 16.6 Å². The maximum Gasteiger partial charge on any atom is 0.136 e. The molecule has 0 aliphatic heterocycles. The van der Waals surface area contributed by atoms with Crippen molar-refractivity contribution in [1.29, 1.82) is 0 Å². The molecule has 0 aliphatic rings. The lowest BCUT2D eigenvalue weighted by molar-refractivity contribution is 0.549. The number of pyridine rings is 1. The van der Waals surface area contributed by atoms with Crippen LogP contribution in [0.3, 0.4) is 0 Å². The normalized spacial score (nSPS) is 11.6. The second-order valence-electron chi connectivity index (χ2n) is 6.48. The summed E-state index contributed by atoms with van der Waals surface area (Å²) in [7, 11) is 0. The van der Waals surface area contributed by atoms with E-state index in [1.54, 1.807) is 0 Å². The standard InChI is InChI=1S/C18H25ClN2/c1-13(2)11-21(12-14(3)4)18-17-8-6-5-7-15(17)9-16(10-19)20-18/h5-9,13-14H,10-12H2,1-4H3. The largest absolute Gasteiger partial charge is 0.356 e. The maximum atomic E-state index is 6.03. The fourth-order valence-corrected chi connectivity index (χ4v) is 2.81. The van der Waals surface area contributed by atoms with Crippen molar-refractivity contribution in [2.75, 3.05) is 18.0 Å². The third-order valence-corrected chi connectivity index (χ3v) is 3.65. The highest BCUT2D eigenvalue weighted by atomic mass is 35.5. The van der Waals surface area contributed by atoms with Crippen molar-refractivity contribution in [1.82, 2.24) is 4.98 Å². The minimum atomic E-state index is 0.453. The van der Waals surface area contributed by atoms with Gasteiger partial charge in [0.15, 0.2) is 0 Å². The summed E-state index contributed by atoms with van der Waals surface area (Å²) in [6.07, 6.45) is 0. The minimum Gasteiger partial charge on any atom is -0.356 e. The third kappa shape index (κ3) is 4.10. The maximum absolute atomic E-state index is 6.03. The topological polar surface area (TPSA) is 16.1 Å². The van der Waals surface area contributed by atoms with Crippen LogP contribution in [-0.4, -0.2) is 18.1 Å². The summed E-state index contributed by atoms with van der Waals surface area (Å²) in [6, 6.07) is 10.5. The van der Waals surface area contributed by atoms with Crippen LogP contribution >= 0.6 is 11.6 Å². The molecule has 0 saturated heterocycles. The zero-order valence-electron chi connectivity index (χ0n) is 13.4. The van der Waals surface area contributed by atoms with Crippen LogP contribution in [0, 0.1) is 11.8 Å². The molecule has 2 rings (SSSR count). The molecule has 0 atom stereocenters. The van der Waals surface area contributed by atoms with Crippen molar-refractivity contribution in [3.05, 3.63) is 36.0 Å². The first-order chi connectivity index (χ1) is 10.0. The van der Waals surface area contributed by atoms with Gasteiger partial charge in [0, 0.05) is 18.5 Å². The average Bonchev–Trinajstić information content (AvgIpc) is 2.44. The Kier molecular flexibility index (Phi) is 5.46. The van der Waals surface area contributed by atoms with Crippen molar-refractivity contribution >= 4 is 28.2 Å². The minimum absolute atomic E-state index is 0.453. The second kappa shape index (κ2) is 7.13. The van der Waals surface area contributed by atoms with Gasteiger partial charge in [0.2, 0.25) is 0 Å². The van der Waals surface area contributed by atoms with Gasteiger partial charge in [-0.25, -0.2) is 4.98 Å². The summed E-state index contributed by atoms with van der Waals surface area (Å²) in [5.74, 6) is 2.73. The third-order valence-electron chi connectivity index (χ3n) is 3.38. The van der Waals surface area contributed by atoms with E-state index >= 15 is 0 Å². The highest BCUT2D eigenvalue weighted by molar-refractivity contribution is 6.17. The second-order valence-corrected chi connectivity index (χ2v) is 6.75. The monoisotopic (exact) mass is 304 g/mol. The SMILES string of the molecule is CC(C)CN(CC(C)C)c1nc(CCl)cc2ccccc12. The van der Waals surface area contributed by atoms with Gasteiger partial charge in [-0.1, -0.05) is 52.0 Å². The summed E-state index contributed by atoms with van der Waals surface area (Å²) < 4.78 is 0. The molecule has 114 valence electrons. The number of anilines is 1. The Hall–Kier alpha value is -1.28. The number of rotatable bonds is 6. The molecule has 21 heavy (non-hydrogen) atoms. The molecule has 0 bridgehead atoms. The molecular weight excluding hydrogens is 280 g/mol. The molecule has 0 aliphatic carbocycles. The number of nitrogens with zero attached hydrogens (tertiary/aromatic N) is 2. The Morgan fingerprint density at radius 3 is 2.24 bits per heavy atom. The first kappa shape index (κ1) is 16.1. The van der Waals surface area contributed by atoms with Crippen LogP contribution in [0.4, 0.5) is 5.82 Å². The van der Waals surface area contributed by atoms with E-state index in [0.717, 1.165) is 24.6 Å². The fraction of sp³-hybridized carbons (Fsp3) is 0.500. The number of aromatic nitrogens is 1.